The number of ether oxygens (including phenoxy) is 1. The molecule has 1 aromatic rings. The molecule has 0 aliphatic rings. The highest BCUT2D eigenvalue weighted by atomic mass is 35.5. The summed E-state index contributed by atoms with van der Waals surface area (Å²) in [6.07, 6.45) is 0. The molecular formula is C10H13ClN2O2. The van der Waals surface area contributed by atoms with E-state index < -0.39 is 0 Å². The van der Waals surface area contributed by atoms with E-state index in [9.17, 15) is 4.79 Å². The van der Waals surface area contributed by atoms with Crippen LogP contribution in [0.15, 0.2) is 12.1 Å². The third-order valence-corrected chi connectivity index (χ3v) is 2.28. The van der Waals surface area contributed by atoms with Crippen LogP contribution < -0.4 is 15.6 Å². The van der Waals surface area contributed by atoms with Gasteiger partial charge in [0.25, 0.3) is 5.91 Å². The molecule has 0 radical (unpaired) electrons. The highest BCUT2D eigenvalue weighted by Crippen LogP contribution is 2.27. The highest BCUT2D eigenvalue weighted by molar-refractivity contribution is 6.32. The molecule has 0 aliphatic carbocycles. The lowest BCUT2D eigenvalue weighted by atomic mass is 10.1. The zero-order valence-electron chi connectivity index (χ0n) is 8.85. The second kappa shape index (κ2) is 5.00. The van der Waals surface area contributed by atoms with Gasteiger partial charge in [-0.2, -0.15) is 0 Å². The first-order valence-electron chi connectivity index (χ1n) is 4.41. The fourth-order valence-corrected chi connectivity index (χ4v) is 1.48. The molecule has 1 amide bonds. The van der Waals surface area contributed by atoms with Crippen LogP contribution in [0.25, 0.3) is 0 Å². The van der Waals surface area contributed by atoms with Crippen molar-refractivity contribution >= 4 is 17.5 Å². The van der Waals surface area contributed by atoms with Crippen molar-refractivity contribution < 1.29 is 9.53 Å². The van der Waals surface area contributed by atoms with Gasteiger partial charge in [0.1, 0.15) is 5.75 Å². The molecule has 0 aromatic heterocycles. The lowest BCUT2D eigenvalue weighted by Gasteiger charge is -2.09. The Kier molecular flexibility index (Phi) is 3.94. The number of nitrogens with one attached hydrogen (secondary N) is 2. The van der Waals surface area contributed by atoms with E-state index in [2.05, 4.69) is 10.9 Å². The van der Waals surface area contributed by atoms with Gasteiger partial charge in [0.15, 0.2) is 0 Å². The third kappa shape index (κ3) is 2.61. The van der Waals surface area contributed by atoms with Gasteiger partial charge in [-0.05, 0) is 24.6 Å². The number of carbonyl (C=O) groups excluding carboxylic acids is 1. The Hall–Kier alpha value is -1.26. The summed E-state index contributed by atoms with van der Waals surface area (Å²) < 4.78 is 5.04. The lowest BCUT2D eigenvalue weighted by Crippen LogP contribution is -2.34. The summed E-state index contributed by atoms with van der Waals surface area (Å²) >= 11 is 5.92. The van der Waals surface area contributed by atoms with Crippen LogP contribution in [0.5, 0.6) is 5.75 Å². The molecule has 1 rings (SSSR count). The number of methoxy groups -OCH3 is 1. The molecule has 5 heteroatoms. The van der Waals surface area contributed by atoms with Crippen molar-refractivity contribution in [2.75, 3.05) is 14.2 Å². The number of carbonyl (C=O) groups is 1. The van der Waals surface area contributed by atoms with Crippen LogP contribution in [0.4, 0.5) is 0 Å². The van der Waals surface area contributed by atoms with Gasteiger partial charge < -0.3 is 4.74 Å². The van der Waals surface area contributed by atoms with Crippen LogP contribution in [0, 0.1) is 6.92 Å². The number of hydrazine groups is 1. The Morgan fingerprint density at radius 3 is 2.67 bits per heavy atom. The molecular weight excluding hydrogens is 216 g/mol. The van der Waals surface area contributed by atoms with Gasteiger partial charge in [-0.3, -0.25) is 10.2 Å². The first-order valence-corrected chi connectivity index (χ1v) is 4.79. The third-order valence-electron chi connectivity index (χ3n) is 1.98. The maximum Gasteiger partial charge on any atom is 0.265 e. The van der Waals surface area contributed by atoms with Gasteiger partial charge in [-0.25, -0.2) is 5.43 Å². The van der Waals surface area contributed by atoms with E-state index in [0.29, 0.717) is 16.3 Å². The normalized spacial score (nSPS) is 9.87. The number of amides is 1. The van der Waals surface area contributed by atoms with E-state index in [1.165, 1.54) is 7.11 Å². The SMILES string of the molecule is CNNC(=O)c1cc(Cl)c(OC)cc1C. The molecule has 0 fully saturated rings. The largest absolute Gasteiger partial charge is 0.495 e. The number of aryl methyl sites for hydroxylation is 1. The topological polar surface area (TPSA) is 50.4 Å². The number of hydrogen-bond donors (Lipinski definition) is 2. The summed E-state index contributed by atoms with van der Waals surface area (Å²) in [6.45, 7) is 1.82. The maximum atomic E-state index is 11.5. The van der Waals surface area contributed by atoms with E-state index in [4.69, 9.17) is 16.3 Å². The minimum absolute atomic E-state index is 0.223. The van der Waals surface area contributed by atoms with Crippen LogP contribution in [0.1, 0.15) is 15.9 Å². The van der Waals surface area contributed by atoms with Gasteiger partial charge in [0.05, 0.1) is 12.1 Å². The molecule has 0 aliphatic heterocycles. The predicted molar refractivity (Wildman–Crippen MR) is 59.3 cm³/mol. The molecule has 4 nitrogen and oxygen atoms in total. The van der Waals surface area contributed by atoms with Crippen molar-refractivity contribution in [3.63, 3.8) is 0 Å². The fraction of sp³-hybridized carbons (Fsp3) is 0.300. The smallest absolute Gasteiger partial charge is 0.265 e. The molecule has 15 heavy (non-hydrogen) atoms. The first kappa shape index (κ1) is 11.8. The van der Waals surface area contributed by atoms with Crippen LogP contribution in [0.2, 0.25) is 5.02 Å². The average molecular weight is 229 g/mol. The van der Waals surface area contributed by atoms with Gasteiger partial charge in [0.2, 0.25) is 0 Å². The lowest BCUT2D eigenvalue weighted by molar-refractivity contribution is 0.0937. The summed E-state index contributed by atoms with van der Waals surface area (Å²) in [5.74, 6) is 0.342. The van der Waals surface area contributed by atoms with E-state index >= 15 is 0 Å². The highest BCUT2D eigenvalue weighted by Gasteiger charge is 2.12. The molecule has 0 heterocycles. The Balaban J connectivity index is 3.10. The predicted octanol–water partition coefficient (Wildman–Crippen LogP) is 1.52. The number of rotatable bonds is 3. The quantitative estimate of drug-likeness (QED) is 0.772. The zero-order valence-corrected chi connectivity index (χ0v) is 9.61. The van der Waals surface area contributed by atoms with E-state index in [1.807, 2.05) is 6.92 Å². The first-order chi connectivity index (χ1) is 7.10. The van der Waals surface area contributed by atoms with E-state index in [-0.39, 0.29) is 5.91 Å². The number of halogens is 1. The summed E-state index contributed by atoms with van der Waals surface area (Å²) in [5, 5.41) is 0.421. The van der Waals surface area contributed by atoms with Crippen molar-refractivity contribution in [2.24, 2.45) is 0 Å². The molecule has 0 spiro atoms. The summed E-state index contributed by atoms with van der Waals surface area (Å²) in [5.41, 5.74) is 6.38. The Morgan fingerprint density at radius 1 is 1.47 bits per heavy atom. The summed E-state index contributed by atoms with van der Waals surface area (Å²) in [4.78, 5) is 11.5. The minimum atomic E-state index is -0.223. The standard InChI is InChI=1S/C10H13ClN2O2/c1-6-4-9(15-3)8(11)5-7(6)10(14)13-12-2/h4-5,12H,1-3H3,(H,13,14). The molecule has 0 unspecified atom stereocenters. The van der Waals surface area contributed by atoms with Crippen molar-refractivity contribution in [2.45, 2.75) is 6.92 Å². The van der Waals surface area contributed by atoms with Gasteiger partial charge in [-0.1, -0.05) is 11.6 Å². The van der Waals surface area contributed by atoms with E-state index in [1.54, 1.807) is 19.2 Å². The van der Waals surface area contributed by atoms with Crippen molar-refractivity contribution in [3.8, 4) is 5.75 Å². The second-order valence-corrected chi connectivity index (χ2v) is 3.41. The molecule has 0 saturated heterocycles. The van der Waals surface area contributed by atoms with Crippen molar-refractivity contribution in [1.29, 1.82) is 0 Å². The molecule has 0 bridgehead atoms. The monoisotopic (exact) mass is 228 g/mol. The van der Waals surface area contributed by atoms with Crippen LogP contribution in [-0.4, -0.2) is 20.1 Å². The average Bonchev–Trinajstić information content (AvgIpc) is 2.21. The van der Waals surface area contributed by atoms with Crippen molar-refractivity contribution in [3.05, 3.63) is 28.3 Å². The van der Waals surface area contributed by atoms with Gasteiger partial charge in [0, 0.05) is 12.6 Å². The molecule has 0 atom stereocenters. The molecule has 2 N–H and O–H groups in total. The summed E-state index contributed by atoms with van der Waals surface area (Å²) in [6, 6.07) is 3.31. The summed E-state index contributed by atoms with van der Waals surface area (Å²) in [7, 11) is 3.16. The molecule has 0 saturated carbocycles. The van der Waals surface area contributed by atoms with Crippen LogP contribution in [-0.2, 0) is 0 Å². The van der Waals surface area contributed by atoms with Crippen LogP contribution >= 0.6 is 11.6 Å². The Bertz CT molecular complexity index is 380. The maximum absolute atomic E-state index is 11.5. The van der Waals surface area contributed by atoms with Gasteiger partial charge in [-0.15, -0.1) is 0 Å². The minimum Gasteiger partial charge on any atom is -0.495 e. The zero-order chi connectivity index (χ0) is 11.4. The molecule has 1 aromatic carbocycles. The fourth-order valence-electron chi connectivity index (χ4n) is 1.24. The van der Waals surface area contributed by atoms with E-state index in [0.717, 1.165) is 5.56 Å². The Morgan fingerprint density at radius 2 is 2.13 bits per heavy atom. The number of benzene rings is 1. The second-order valence-electron chi connectivity index (χ2n) is 3.01. The van der Waals surface area contributed by atoms with Gasteiger partial charge >= 0.3 is 0 Å². The van der Waals surface area contributed by atoms with Crippen LogP contribution in [0.3, 0.4) is 0 Å². The number of hydrogen-bond acceptors (Lipinski definition) is 3. The Labute approximate surface area is 93.5 Å². The van der Waals surface area contributed by atoms with Crippen molar-refractivity contribution in [1.82, 2.24) is 10.9 Å². The molecule has 82 valence electrons.